The minimum Gasteiger partial charge on any atom is -0.497 e. The summed E-state index contributed by atoms with van der Waals surface area (Å²) in [5, 5.41) is 0.806. The van der Waals surface area contributed by atoms with Crippen molar-refractivity contribution in [3.05, 3.63) is 70.9 Å². The van der Waals surface area contributed by atoms with Gasteiger partial charge in [-0.2, -0.15) is 0 Å². The molecule has 0 aliphatic heterocycles. The van der Waals surface area contributed by atoms with Gasteiger partial charge in [-0.3, -0.25) is 4.79 Å². The molecule has 0 unspecified atom stereocenters. The van der Waals surface area contributed by atoms with Crippen molar-refractivity contribution in [2.45, 2.75) is 0 Å². The molecule has 6 heteroatoms. The number of fused-ring (bicyclic) bond motifs is 1. The Kier molecular flexibility index (Phi) is 4.95. The Bertz CT molecular complexity index is 938. The minimum absolute atomic E-state index is 0.187. The number of methoxy groups -OCH3 is 1. The average Bonchev–Trinajstić information content (AvgIpc) is 2.65. The average molecular weight is 356 g/mol. The van der Waals surface area contributed by atoms with Crippen molar-refractivity contribution in [3.63, 3.8) is 0 Å². The van der Waals surface area contributed by atoms with Crippen LogP contribution in [0.15, 0.2) is 54.6 Å². The zero-order valence-electron chi connectivity index (χ0n) is 13.4. The predicted molar refractivity (Wildman–Crippen MR) is 94.4 cm³/mol. The molecule has 0 saturated carbocycles. The summed E-state index contributed by atoms with van der Waals surface area (Å²) in [5.41, 5.74) is 1.30. The Labute approximate surface area is 149 Å². The van der Waals surface area contributed by atoms with E-state index >= 15 is 0 Å². The van der Waals surface area contributed by atoms with Gasteiger partial charge >= 0.3 is 5.97 Å². The van der Waals surface area contributed by atoms with Gasteiger partial charge < -0.3 is 9.47 Å². The third-order valence-corrected chi connectivity index (χ3v) is 3.84. The monoisotopic (exact) mass is 355 g/mol. The molecule has 1 aromatic heterocycles. The van der Waals surface area contributed by atoms with Gasteiger partial charge in [0.05, 0.1) is 18.2 Å². The first kappa shape index (κ1) is 16.9. The summed E-state index contributed by atoms with van der Waals surface area (Å²) in [6.45, 7) is -0.362. The number of esters is 1. The Hall–Kier alpha value is -2.92. The minimum atomic E-state index is -0.623. The quantitative estimate of drug-likeness (QED) is 0.394. The molecule has 0 saturated heterocycles. The number of carbonyl (C=O) groups excluding carboxylic acids is 2. The third-order valence-electron chi connectivity index (χ3n) is 3.65. The van der Waals surface area contributed by atoms with E-state index in [0.29, 0.717) is 22.2 Å². The molecule has 3 aromatic rings. The Morgan fingerprint density at radius 1 is 1.08 bits per heavy atom. The molecular formula is C19H14ClNO4. The molecule has 0 radical (unpaired) electrons. The smallest absolute Gasteiger partial charge is 0.339 e. The van der Waals surface area contributed by atoms with E-state index in [2.05, 4.69) is 4.98 Å². The van der Waals surface area contributed by atoms with Gasteiger partial charge in [0.15, 0.2) is 12.4 Å². The lowest BCUT2D eigenvalue weighted by molar-refractivity contribution is 0.0476. The number of hydrogen-bond acceptors (Lipinski definition) is 5. The van der Waals surface area contributed by atoms with Crippen LogP contribution in [-0.4, -0.2) is 30.5 Å². The fourth-order valence-electron chi connectivity index (χ4n) is 2.38. The number of Topliss-reactive ketones (excluding diaryl/α,β-unsaturated/α-hetero) is 1. The largest absolute Gasteiger partial charge is 0.497 e. The summed E-state index contributed by atoms with van der Waals surface area (Å²) in [5.74, 6) is -0.283. The summed E-state index contributed by atoms with van der Waals surface area (Å²) in [6, 6.07) is 15.1. The van der Waals surface area contributed by atoms with Gasteiger partial charge in [-0.15, -0.1) is 0 Å². The number of nitrogens with zero attached hydrogens (tertiary/aromatic N) is 1. The van der Waals surface area contributed by atoms with Gasteiger partial charge in [-0.05, 0) is 36.4 Å². The first-order valence-electron chi connectivity index (χ1n) is 7.48. The molecule has 0 N–H and O–H groups in total. The Morgan fingerprint density at radius 3 is 2.52 bits per heavy atom. The van der Waals surface area contributed by atoms with Crippen LogP contribution in [0.4, 0.5) is 0 Å². The number of carbonyl (C=O) groups is 2. The molecule has 0 aliphatic rings. The number of ketones is 1. The number of aromatic nitrogens is 1. The van der Waals surface area contributed by atoms with Crippen LogP contribution in [0.1, 0.15) is 20.7 Å². The maximum Gasteiger partial charge on any atom is 0.339 e. The lowest BCUT2D eigenvalue weighted by Gasteiger charge is -2.08. The normalized spacial score (nSPS) is 10.5. The van der Waals surface area contributed by atoms with Crippen molar-refractivity contribution in [1.82, 2.24) is 4.98 Å². The second-order valence-corrected chi connectivity index (χ2v) is 5.62. The summed E-state index contributed by atoms with van der Waals surface area (Å²) < 4.78 is 10.2. The van der Waals surface area contributed by atoms with Crippen LogP contribution < -0.4 is 4.74 Å². The number of ether oxygens (including phenoxy) is 2. The van der Waals surface area contributed by atoms with E-state index in [9.17, 15) is 9.59 Å². The van der Waals surface area contributed by atoms with Crippen molar-refractivity contribution in [1.29, 1.82) is 0 Å². The van der Waals surface area contributed by atoms with E-state index in [1.54, 1.807) is 55.6 Å². The molecule has 126 valence electrons. The molecule has 25 heavy (non-hydrogen) atoms. The molecule has 5 nitrogen and oxygen atoms in total. The molecule has 0 aliphatic carbocycles. The van der Waals surface area contributed by atoms with E-state index in [0.717, 1.165) is 0 Å². The summed E-state index contributed by atoms with van der Waals surface area (Å²) in [4.78, 5) is 28.7. The van der Waals surface area contributed by atoms with Crippen LogP contribution in [0, 0.1) is 0 Å². The van der Waals surface area contributed by atoms with E-state index in [1.165, 1.54) is 6.07 Å². The topological polar surface area (TPSA) is 65.5 Å². The molecule has 3 rings (SSSR count). The van der Waals surface area contributed by atoms with Crippen LogP contribution >= 0.6 is 11.6 Å². The molecular weight excluding hydrogens is 342 g/mol. The molecule has 1 heterocycles. The highest BCUT2D eigenvalue weighted by molar-refractivity contribution is 6.30. The van der Waals surface area contributed by atoms with E-state index in [-0.39, 0.29) is 23.1 Å². The first-order valence-corrected chi connectivity index (χ1v) is 7.86. The third kappa shape index (κ3) is 3.78. The maximum atomic E-state index is 12.4. The van der Waals surface area contributed by atoms with Gasteiger partial charge in [0.2, 0.25) is 0 Å². The zero-order valence-corrected chi connectivity index (χ0v) is 14.1. The van der Waals surface area contributed by atoms with Crippen molar-refractivity contribution < 1.29 is 19.1 Å². The van der Waals surface area contributed by atoms with Crippen molar-refractivity contribution >= 4 is 34.3 Å². The van der Waals surface area contributed by atoms with Gasteiger partial charge in [-0.25, -0.2) is 9.78 Å². The predicted octanol–water partition coefficient (Wildman–Crippen LogP) is 3.94. The van der Waals surface area contributed by atoms with Crippen LogP contribution in [0.3, 0.4) is 0 Å². The molecule has 0 bridgehead atoms. The first-order chi connectivity index (χ1) is 12.1. The van der Waals surface area contributed by atoms with Gasteiger partial charge in [-0.1, -0.05) is 29.8 Å². The lowest BCUT2D eigenvalue weighted by Crippen LogP contribution is -2.14. The number of hydrogen-bond donors (Lipinski definition) is 0. The van der Waals surface area contributed by atoms with Crippen LogP contribution in [0.2, 0.25) is 5.15 Å². The Balaban J connectivity index is 1.75. The highest BCUT2D eigenvalue weighted by Gasteiger charge is 2.16. The number of benzene rings is 2. The van der Waals surface area contributed by atoms with Crippen LogP contribution in [0.5, 0.6) is 5.75 Å². The molecule has 0 atom stereocenters. The molecule has 0 amide bonds. The fourth-order valence-corrected chi connectivity index (χ4v) is 2.58. The number of halogens is 1. The standard InChI is InChI=1S/C19H14ClNO4/c1-24-13-8-6-12(7-9-13)17(22)11-25-19(23)15-10-18(20)21-16-5-3-2-4-14(15)16/h2-10H,11H2,1H3. The van der Waals surface area contributed by atoms with Gasteiger partial charge in [0.25, 0.3) is 0 Å². The SMILES string of the molecule is COc1ccc(C(=O)COC(=O)c2cc(Cl)nc3ccccc23)cc1. The molecule has 0 spiro atoms. The summed E-state index contributed by atoms with van der Waals surface area (Å²) >= 11 is 5.96. The highest BCUT2D eigenvalue weighted by atomic mass is 35.5. The van der Waals surface area contributed by atoms with Crippen molar-refractivity contribution in [3.8, 4) is 5.75 Å². The zero-order chi connectivity index (χ0) is 17.8. The van der Waals surface area contributed by atoms with Crippen molar-refractivity contribution in [2.24, 2.45) is 0 Å². The van der Waals surface area contributed by atoms with Crippen LogP contribution in [0.25, 0.3) is 10.9 Å². The van der Waals surface area contributed by atoms with E-state index < -0.39 is 5.97 Å². The van der Waals surface area contributed by atoms with Crippen LogP contribution in [-0.2, 0) is 4.74 Å². The van der Waals surface area contributed by atoms with E-state index in [1.807, 2.05) is 0 Å². The molecule has 0 fully saturated rings. The van der Waals surface area contributed by atoms with E-state index in [4.69, 9.17) is 21.1 Å². The second-order valence-electron chi connectivity index (χ2n) is 5.24. The molecule has 2 aromatic carbocycles. The highest BCUT2D eigenvalue weighted by Crippen LogP contribution is 2.21. The number of rotatable bonds is 5. The summed E-state index contributed by atoms with van der Waals surface area (Å²) in [6.07, 6.45) is 0. The second kappa shape index (κ2) is 7.32. The number of pyridine rings is 1. The van der Waals surface area contributed by atoms with Gasteiger partial charge in [0.1, 0.15) is 10.9 Å². The lowest BCUT2D eigenvalue weighted by atomic mass is 10.1. The maximum absolute atomic E-state index is 12.4. The van der Waals surface area contributed by atoms with Crippen molar-refractivity contribution in [2.75, 3.05) is 13.7 Å². The van der Waals surface area contributed by atoms with Gasteiger partial charge in [0, 0.05) is 10.9 Å². The summed E-state index contributed by atoms with van der Waals surface area (Å²) in [7, 11) is 1.54. The number of para-hydroxylation sites is 1. The Morgan fingerprint density at radius 2 is 1.80 bits per heavy atom. The fraction of sp³-hybridized carbons (Fsp3) is 0.105.